The zero-order chi connectivity index (χ0) is 12.8. The number of methoxy groups -OCH3 is 2. The topological polar surface area (TPSA) is 81.8 Å². The first-order valence-electron chi connectivity index (χ1n) is 5.32. The first kappa shape index (κ1) is 13.3. The van der Waals surface area contributed by atoms with Crippen LogP contribution in [-0.2, 0) is 6.42 Å². The maximum atomic E-state index is 11.1. The normalized spacial score (nSPS) is 10.1. The third-order valence-corrected chi connectivity index (χ3v) is 2.44. The van der Waals surface area contributed by atoms with Crippen molar-refractivity contribution in [3.8, 4) is 11.5 Å². The summed E-state index contributed by atoms with van der Waals surface area (Å²) in [4.78, 5) is 11.1. The van der Waals surface area contributed by atoms with Gasteiger partial charge in [0.15, 0.2) is 11.5 Å². The second kappa shape index (κ2) is 6.10. The number of carboxylic acids is 1. The van der Waals surface area contributed by atoms with Crippen molar-refractivity contribution in [3.05, 3.63) is 23.3 Å². The minimum absolute atomic E-state index is 0.110. The first-order chi connectivity index (χ1) is 8.13. The van der Waals surface area contributed by atoms with Crippen LogP contribution in [0.4, 0.5) is 0 Å². The van der Waals surface area contributed by atoms with Gasteiger partial charge in [0.2, 0.25) is 0 Å². The molecule has 0 radical (unpaired) electrons. The molecule has 0 aliphatic carbocycles. The van der Waals surface area contributed by atoms with Crippen LogP contribution in [0, 0.1) is 0 Å². The van der Waals surface area contributed by atoms with Gasteiger partial charge in [0.05, 0.1) is 14.2 Å². The Labute approximate surface area is 100 Å². The van der Waals surface area contributed by atoms with E-state index in [0.717, 1.165) is 18.4 Å². The molecule has 0 fully saturated rings. The van der Waals surface area contributed by atoms with Gasteiger partial charge >= 0.3 is 5.97 Å². The Kier molecular flexibility index (Phi) is 4.78. The number of hydrogen-bond donors (Lipinski definition) is 2. The van der Waals surface area contributed by atoms with Crippen molar-refractivity contribution >= 4 is 5.97 Å². The number of carbonyl (C=O) groups is 1. The number of aromatic carboxylic acids is 1. The summed E-state index contributed by atoms with van der Waals surface area (Å²) in [6.07, 6.45) is 1.52. The highest BCUT2D eigenvalue weighted by molar-refractivity contribution is 5.92. The average molecular weight is 239 g/mol. The van der Waals surface area contributed by atoms with Gasteiger partial charge in [0.1, 0.15) is 5.56 Å². The number of ether oxygens (including phenoxy) is 2. The van der Waals surface area contributed by atoms with E-state index >= 15 is 0 Å². The maximum Gasteiger partial charge on any atom is 0.339 e. The summed E-state index contributed by atoms with van der Waals surface area (Å²) in [6, 6.07) is 3.38. The van der Waals surface area contributed by atoms with Crippen LogP contribution in [0.3, 0.4) is 0 Å². The third kappa shape index (κ3) is 3.10. The molecule has 0 atom stereocenters. The van der Waals surface area contributed by atoms with E-state index in [1.54, 1.807) is 12.1 Å². The molecule has 0 aliphatic rings. The monoisotopic (exact) mass is 239 g/mol. The van der Waals surface area contributed by atoms with Gasteiger partial charge in [-0.15, -0.1) is 0 Å². The molecule has 1 aromatic rings. The number of rotatable bonds is 6. The van der Waals surface area contributed by atoms with Gasteiger partial charge in [-0.25, -0.2) is 4.79 Å². The Balaban J connectivity index is 3.20. The van der Waals surface area contributed by atoms with Crippen LogP contribution in [0.2, 0.25) is 0 Å². The molecule has 0 heterocycles. The molecule has 5 nitrogen and oxygen atoms in total. The Hall–Kier alpha value is -1.75. The molecule has 0 aliphatic heterocycles. The van der Waals surface area contributed by atoms with E-state index < -0.39 is 5.97 Å². The zero-order valence-corrected chi connectivity index (χ0v) is 10.0. The second-order valence-electron chi connectivity index (χ2n) is 3.58. The van der Waals surface area contributed by atoms with Gasteiger partial charge in [0, 0.05) is 0 Å². The molecular formula is C12H17NO4. The summed E-state index contributed by atoms with van der Waals surface area (Å²) in [6.45, 7) is 0.566. The van der Waals surface area contributed by atoms with Gasteiger partial charge in [-0.05, 0) is 37.1 Å². The quantitative estimate of drug-likeness (QED) is 0.781. The van der Waals surface area contributed by atoms with Crippen LogP contribution < -0.4 is 15.2 Å². The van der Waals surface area contributed by atoms with Crippen molar-refractivity contribution in [2.75, 3.05) is 20.8 Å². The molecule has 1 rings (SSSR count). The maximum absolute atomic E-state index is 11.1. The van der Waals surface area contributed by atoms with Gasteiger partial charge < -0.3 is 20.3 Å². The minimum atomic E-state index is -1.03. The van der Waals surface area contributed by atoms with E-state index in [2.05, 4.69) is 0 Å². The Morgan fingerprint density at radius 1 is 1.35 bits per heavy atom. The number of hydrogen-bond acceptors (Lipinski definition) is 4. The van der Waals surface area contributed by atoms with E-state index in [-0.39, 0.29) is 11.3 Å². The molecule has 1 aromatic carbocycles. The van der Waals surface area contributed by atoms with Crippen molar-refractivity contribution in [2.24, 2.45) is 5.73 Å². The molecule has 0 amide bonds. The Morgan fingerprint density at radius 2 is 2.06 bits per heavy atom. The lowest BCUT2D eigenvalue weighted by Gasteiger charge is -2.12. The zero-order valence-electron chi connectivity index (χ0n) is 10.0. The van der Waals surface area contributed by atoms with Crippen LogP contribution in [0.25, 0.3) is 0 Å². The summed E-state index contributed by atoms with van der Waals surface area (Å²) in [5.74, 6) is -0.356. The van der Waals surface area contributed by atoms with Crippen molar-refractivity contribution < 1.29 is 19.4 Å². The standard InChI is InChI=1S/C12H17NO4/c1-16-10-7-8(4-3-5-13)6-9(12(14)15)11(10)17-2/h6-7H,3-5,13H2,1-2H3,(H,14,15). The highest BCUT2D eigenvalue weighted by Crippen LogP contribution is 2.32. The smallest absolute Gasteiger partial charge is 0.339 e. The number of carboxylic acid groups (broad SMARTS) is 1. The fraction of sp³-hybridized carbons (Fsp3) is 0.417. The molecule has 17 heavy (non-hydrogen) atoms. The highest BCUT2D eigenvalue weighted by atomic mass is 16.5. The molecule has 0 spiro atoms. The molecule has 3 N–H and O–H groups in total. The Morgan fingerprint density at radius 3 is 2.53 bits per heavy atom. The van der Waals surface area contributed by atoms with E-state index in [0.29, 0.717) is 12.3 Å². The largest absolute Gasteiger partial charge is 0.493 e. The molecule has 0 saturated heterocycles. The second-order valence-corrected chi connectivity index (χ2v) is 3.58. The van der Waals surface area contributed by atoms with Crippen molar-refractivity contribution in [1.82, 2.24) is 0 Å². The van der Waals surface area contributed by atoms with E-state index in [4.69, 9.17) is 20.3 Å². The predicted molar refractivity (Wildman–Crippen MR) is 63.9 cm³/mol. The van der Waals surface area contributed by atoms with E-state index in [1.807, 2.05) is 0 Å². The fourth-order valence-corrected chi connectivity index (χ4v) is 1.63. The third-order valence-electron chi connectivity index (χ3n) is 2.44. The van der Waals surface area contributed by atoms with Crippen LogP contribution >= 0.6 is 0 Å². The van der Waals surface area contributed by atoms with Crippen LogP contribution in [-0.4, -0.2) is 31.8 Å². The lowest BCUT2D eigenvalue weighted by atomic mass is 10.0. The molecule has 0 aromatic heterocycles. The van der Waals surface area contributed by atoms with Crippen molar-refractivity contribution in [1.29, 1.82) is 0 Å². The van der Waals surface area contributed by atoms with E-state index in [9.17, 15) is 4.79 Å². The SMILES string of the molecule is COc1cc(CCCN)cc(C(=O)O)c1OC. The van der Waals surface area contributed by atoms with Gasteiger partial charge in [-0.2, -0.15) is 0 Å². The highest BCUT2D eigenvalue weighted by Gasteiger charge is 2.17. The van der Waals surface area contributed by atoms with Crippen LogP contribution in [0.15, 0.2) is 12.1 Å². The summed E-state index contributed by atoms with van der Waals surface area (Å²) < 4.78 is 10.2. The molecule has 5 heteroatoms. The lowest BCUT2D eigenvalue weighted by Crippen LogP contribution is -2.05. The summed E-state index contributed by atoms with van der Waals surface area (Å²) >= 11 is 0. The summed E-state index contributed by atoms with van der Waals surface area (Å²) in [7, 11) is 2.90. The molecular weight excluding hydrogens is 222 g/mol. The molecule has 94 valence electrons. The molecule has 0 bridgehead atoms. The number of nitrogens with two attached hydrogens (primary N) is 1. The lowest BCUT2D eigenvalue weighted by molar-refractivity contribution is 0.0692. The van der Waals surface area contributed by atoms with Gasteiger partial charge in [0.25, 0.3) is 0 Å². The fourth-order valence-electron chi connectivity index (χ4n) is 1.63. The first-order valence-corrected chi connectivity index (χ1v) is 5.32. The molecule has 0 saturated carbocycles. The van der Waals surface area contributed by atoms with E-state index in [1.165, 1.54) is 14.2 Å². The van der Waals surface area contributed by atoms with Crippen molar-refractivity contribution in [3.63, 3.8) is 0 Å². The average Bonchev–Trinajstić information content (AvgIpc) is 2.34. The van der Waals surface area contributed by atoms with Crippen LogP contribution in [0.5, 0.6) is 11.5 Å². The van der Waals surface area contributed by atoms with Crippen molar-refractivity contribution in [2.45, 2.75) is 12.8 Å². The Bertz CT molecular complexity index is 404. The van der Waals surface area contributed by atoms with Crippen LogP contribution in [0.1, 0.15) is 22.3 Å². The summed E-state index contributed by atoms with van der Waals surface area (Å²) in [5.41, 5.74) is 6.42. The van der Waals surface area contributed by atoms with Gasteiger partial charge in [-0.1, -0.05) is 0 Å². The minimum Gasteiger partial charge on any atom is -0.493 e. The number of aryl methyl sites for hydroxylation is 1. The predicted octanol–water partition coefficient (Wildman–Crippen LogP) is 1.29. The van der Waals surface area contributed by atoms with Gasteiger partial charge in [-0.3, -0.25) is 0 Å². The molecule has 0 unspecified atom stereocenters. The summed E-state index contributed by atoms with van der Waals surface area (Å²) in [5, 5.41) is 9.11. The number of benzene rings is 1.